The summed E-state index contributed by atoms with van der Waals surface area (Å²) >= 11 is 6.84. The number of imide groups is 1. The number of ether oxygens (including phenoxy) is 1. The summed E-state index contributed by atoms with van der Waals surface area (Å²) in [5, 5.41) is 3.29. The number of para-hydroxylation sites is 1. The van der Waals surface area contributed by atoms with E-state index in [1.807, 2.05) is 24.3 Å². The molecule has 128 valence electrons. The number of halogens is 1. The number of nitrogens with zero attached hydrogens (tertiary/aromatic N) is 1. The van der Waals surface area contributed by atoms with Crippen molar-refractivity contribution in [3.63, 3.8) is 0 Å². The summed E-state index contributed by atoms with van der Waals surface area (Å²) in [5.41, 5.74) is 1.48. The largest absolute Gasteiger partial charge is 0.496 e. The molecule has 0 saturated carbocycles. The van der Waals surface area contributed by atoms with Crippen LogP contribution in [0.5, 0.6) is 5.75 Å². The molecule has 1 aliphatic rings. The fourth-order valence-corrected chi connectivity index (χ4v) is 3.35. The van der Waals surface area contributed by atoms with Crippen molar-refractivity contribution >= 4 is 46.3 Å². The number of benzene rings is 2. The van der Waals surface area contributed by atoms with Crippen molar-refractivity contribution < 1.29 is 14.3 Å². The van der Waals surface area contributed by atoms with Gasteiger partial charge in [-0.1, -0.05) is 35.9 Å². The average molecular weight is 375 g/mol. The first-order chi connectivity index (χ1) is 12.1. The van der Waals surface area contributed by atoms with E-state index in [0.717, 1.165) is 27.9 Å². The van der Waals surface area contributed by atoms with E-state index in [2.05, 4.69) is 5.32 Å². The van der Waals surface area contributed by atoms with Gasteiger partial charge in [0.15, 0.2) is 0 Å². The SMILES string of the molecule is COc1ccccc1/C=C1/SC(=O)N(CNc2cccc(Cl)c2)C1=O. The highest BCUT2D eigenvalue weighted by Gasteiger charge is 2.34. The van der Waals surface area contributed by atoms with E-state index in [0.29, 0.717) is 15.7 Å². The van der Waals surface area contributed by atoms with Crippen LogP contribution in [0, 0.1) is 0 Å². The van der Waals surface area contributed by atoms with Crippen LogP contribution in [0.3, 0.4) is 0 Å². The Bertz CT molecular complexity index is 854. The van der Waals surface area contributed by atoms with Crippen LogP contribution < -0.4 is 10.1 Å². The Morgan fingerprint density at radius 3 is 2.76 bits per heavy atom. The molecule has 0 atom stereocenters. The molecule has 1 aliphatic heterocycles. The first kappa shape index (κ1) is 17.4. The molecule has 0 bridgehead atoms. The van der Waals surface area contributed by atoms with Crippen LogP contribution in [-0.2, 0) is 4.79 Å². The first-order valence-electron chi connectivity index (χ1n) is 7.46. The molecule has 0 aliphatic carbocycles. The molecular formula is C18H15ClN2O3S. The lowest BCUT2D eigenvalue weighted by molar-refractivity contribution is -0.122. The van der Waals surface area contributed by atoms with Crippen molar-refractivity contribution in [2.45, 2.75) is 0 Å². The maximum absolute atomic E-state index is 12.5. The van der Waals surface area contributed by atoms with Gasteiger partial charge in [-0.05, 0) is 42.1 Å². The number of rotatable bonds is 5. The zero-order chi connectivity index (χ0) is 17.8. The molecule has 1 N–H and O–H groups in total. The van der Waals surface area contributed by atoms with E-state index >= 15 is 0 Å². The Balaban J connectivity index is 1.75. The first-order valence-corrected chi connectivity index (χ1v) is 8.66. The van der Waals surface area contributed by atoms with Gasteiger partial charge in [-0.2, -0.15) is 0 Å². The second kappa shape index (κ2) is 7.63. The van der Waals surface area contributed by atoms with Crippen LogP contribution in [0.25, 0.3) is 6.08 Å². The standard InChI is InChI=1S/C18H15ClN2O3S/c1-24-15-8-3-2-5-12(15)9-16-17(22)21(18(23)25-16)11-20-14-7-4-6-13(19)10-14/h2-10,20H,11H2,1H3/b16-9+. The number of carbonyl (C=O) groups is 2. The van der Waals surface area contributed by atoms with Crippen LogP contribution in [0.2, 0.25) is 5.02 Å². The van der Waals surface area contributed by atoms with Crippen molar-refractivity contribution in [3.8, 4) is 5.75 Å². The van der Waals surface area contributed by atoms with Gasteiger partial charge in [0.25, 0.3) is 11.1 Å². The minimum atomic E-state index is -0.338. The van der Waals surface area contributed by atoms with Gasteiger partial charge in [0.05, 0.1) is 18.7 Å². The van der Waals surface area contributed by atoms with Crippen LogP contribution >= 0.6 is 23.4 Å². The average Bonchev–Trinajstić information content (AvgIpc) is 2.87. The van der Waals surface area contributed by atoms with Crippen molar-refractivity contribution in [2.24, 2.45) is 0 Å². The van der Waals surface area contributed by atoms with Crippen LogP contribution in [0.15, 0.2) is 53.4 Å². The number of thioether (sulfide) groups is 1. The number of methoxy groups -OCH3 is 1. The zero-order valence-corrected chi connectivity index (χ0v) is 14.9. The Hall–Kier alpha value is -2.44. The van der Waals surface area contributed by atoms with E-state index in [1.165, 1.54) is 0 Å². The summed E-state index contributed by atoms with van der Waals surface area (Å²) in [6.07, 6.45) is 1.67. The number of anilines is 1. The summed E-state index contributed by atoms with van der Waals surface area (Å²) in [6, 6.07) is 14.4. The lowest BCUT2D eigenvalue weighted by Crippen LogP contribution is -2.33. The lowest BCUT2D eigenvalue weighted by Gasteiger charge is -2.14. The van der Waals surface area contributed by atoms with Crippen LogP contribution in [-0.4, -0.2) is 29.8 Å². The number of hydrogen-bond acceptors (Lipinski definition) is 5. The molecule has 1 fully saturated rings. The van der Waals surface area contributed by atoms with E-state index in [-0.39, 0.29) is 17.8 Å². The van der Waals surface area contributed by atoms with Crippen LogP contribution in [0.1, 0.15) is 5.56 Å². The van der Waals surface area contributed by atoms with Gasteiger partial charge >= 0.3 is 0 Å². The number of nitrogens with one attached hydrogen (secondary N) is 1. The Labute approximate surface area is 154 Å². The number of carbonyl (C=O) groups excluding carboxylic acids is 2. The van der Waals surface area contributed by atoms with E-state index < -0.39 is 0 Å². The second-order valence-corrected chi connectivity index (χ2v) is 6.63. The molecule has 7 heteroatoms. The van der Waals surface area contributed by atoms with Crippen molar-refractivity contribution in [2.75, 3.05) is 19.1 Å². The van der Waals surface area contributed by atoms with Crippen molar-refractivity contribution in [1.82, 2.24) is 4.90 Å². The fourth-order valence-electron chi connectivity index (χ4n) is 2.33. The maximum atomic E-state index is 12.5. The van der Waals surface area contributed by atoms with Gasteiger partial charge in [0.2, 0.25) is 0 Å². The van der Waals surface area contributed by atoms with Gasteiger partial charge in [0, 0.05) is 16.3 Å². The van der Waals surface area contributed by atoms with Crippen molar-refractivity contribution in [1.29, 1.82) is 0 Å². The molecule has 0 spiro atoms. The number of hydrogen-bond donors (Lipinski definition) is 1. The normalized spacial score (nSPS) is 15.8. The van der Waals surface area contributed by atoms with Gasteiger partial charge in [-0.25, -0.2) is 0 Å². The summed E-state index contributed by atoms with van der Waals surface area (Å²) in [5.74, 6) is 0.307. The molecule has 2 amide bonds. The molecule has 0 radical (unpaired) electrons. The fraction of sp³-hybridized carbons (Fsp3) is 0.111. The Morgan fingerprint density at radius 1 is 1.20 bits per heavy atom. The Morgan fingerprint density at radius 2 is 2.00 bits per heavy atom. The molecule has 1 saturated heterocycles. The molecule has 2 aromatic rings. The molecular weight excluding hydrogens is 360 g/mol. The third-order valence-corrected chi connectivity index (χ3v) is 4.71. The van der Waals surface area contributed by atoms with Gasteiger partial charge < -0.3 is 10.1 Å². The molecule has 0 unspecified atom stereocenters. The Kier molecular flexibility index (Phi) is 5.31. The highest BCUT2D eigenvalue weighted by molar-refractivity contribution is 8.18. The molecule has 5 nitrogen and oxygen atoms in total. The molecule has 0 aromatic heterocycles. The third kappa shape index (κ3) is 3.97. The molecule has 1 heterocycles. The van der Waals surface area contributed by atoms with Gasteiger partial charge in [-0.3, -0.25) is 14.5 Å². The van der Waals surface area contributed by atoms with Crippen LogP contribution in [0.4, 0.5) is 10.5 Å². The minimum Gasteiger partial charge on any atom is -0.496 e. The minimum absolute atomic E-state index is 0.0777. The van der Waals surface area contributed by atoms with Crippen molar-refractivity contribution in [3.05, 3.63) is 64.0 Å². The molecule has 3 rings (SSSR count). The second-order valence-electron chi connectivity index (χ2n) is 5.20. The highest BCUT2D eigenvalue weighted by atomic mass is 35.5. The van der Waals surface area contributed by atoms with E-state index in [4.69, 9.17) is 16.3 Å². The monoisotopic (exact) mass is 374 g/mol. The van der Waals surface area contributed by atoms with E-state index in [1.54, 1.807) is 37.5 Å². The predicted octanol–water partition coefficient (Wildman–Crippen LogP) is 4.45. The lowest BCUT2D eigenvalue weighted by atomic mass is 10.2. The molecule has 25 heavy (non-hydrogen) atoms. The summed E-state index contributed by atoms with van der Waals surface area (Å²) in [6.45, 7) is 0.0777. The summed E-state index contributed by atoms with van der Waals surface area (Å²) in [4.78, 5) is 26.2. The number of amides is 2. The molecule has 2 aromatic carbocycles. The third-order valence-electron chi connectivity index (χ3n) is 3.57. The van der Waals surface area contributed by atoms with Gasteiger partial charge in [0.1, 0.15) is 5.75 Å². The topological polar surface area (TPSA) is 58.6 Å². The van der Waals surface area contributed by atoms with E-state index in [9.17, 15) is 9.59 Å². The predicted molar refractivity (Wildman–Crippen MR) is 101 cm³/mol. The van der Waals surface area contributed by atoms with Gasteiger partial charge in [-0.15, -0.1) is 0 Å². The summed E-state index contributed by atoms with van der Waals surface area (Å²) < 4.78 is 5.27. The maximum Gasteiger partial charge on any atom is 0.295 e. The zero-order valence-electron chi connectivity index (χ0n) is 13.4. The smallest absolute Gasteiger partial charge is 0.295 e. The highest BCUT2D eigenvalue weighted by Crippen LogP contribution is 2.33. The quantitative estimate of drug-likeness (QED) is 0.783. The summed E-state index contributed by atoms with van der Waals surface area (Å²) in [7, 11) is 1.56.